The quantitative estimate of drug-likeness (QED) is 0.933. The molecule has 0 bridgehead atoms. The van der Waals surface area contributed by atoms with Crippen molar-refractivity contribution in [1.82, 2.24) is 10.1 Å². The van der Waals surface area contributed by atoms with Crippen LogP contribution in [0.5, 0.6) is 0 Å². The molecule has 0 saturated heterocycles. The summed E-state index contributed by atoms with van der Waals surface area (Å²) < 4.78 is 31.3. The van der Waals surface area contributed by atoms with E-state index >= 15 is 0 Å². The maximum absolute atomic E-state index is 13.3. The van der Waals surface area contributed by atoms with E-state index in [4.69, 9.17) is 9.63 Å². The van der Waals surface area contributed by atoms with Crippen LogP contribution in [0.15, 0.2) is 16.7 Å². The van der Waals surface area contributed by atoms with Gasteiger partial charge >= 0.3 is 5.97 Å². The fourth-order valence-electron chi connectivity index (χ4n) is 1.71. The van der Waals surface area contributed by atoms with E-state index in [1.54, 1.807) is 0 Å². The van der Waals surface area contributed by atoms with E-state index in [0.717, 1.165) is 6.07 Å². The van der Waals surface area contributed by atoms with Crippen LogP contribution in [-0.2, 0) is 6.42 Å². The van der Waals surface area contributed by atoms with Crippen LogP contribution in [0.1, 0.15) is 30.0 Å². The van der Waals surface area contributed by atoms with Gasteiger partial charge in [-0.15, -0.1) is 0 Å². The summed E-state index contributed by atoms with van der Waals surface area (Å²) in [6.45, 7) is 3.91. The van der Waals surface area contributed by atoms with Gasteiger partial charge in [0.05, 0.1) is 11.1 Å². The topological polar surface area (TPSA) is 76.2 Å². The average molecular weight is 282 g/mol. The lowest BCUT2D eigenvalue weighted by Crippen LogP contribution is -2.03. The molecule has 0 atom stereocenters. The van der Waals surface area contributed by atoms with Gasteiger partial charge in [0.2, 0.25) is 0 Å². The van der Waals surface area contributed by atoms with E-state index in [9.17, 15) is 13.6 Å². The molecule has 0 saturated carbocycles. The van der Waals surface area contributed by atoms with E-state index in [2.05, 4.69) is 10.1 Å². The van der Waals surface area contributed by atoms with Gasteiger partial charge in [0.25, 0.3) is 5.89 Å². The minimum atomic E-state index is -1.40. The number of nitrogens with zero attached hydrogens (tertiary/aromatic N) is 2. The van der Waals surface area contributed by atoms with Gasteiger partial charge in [-0.05, 0) is 18.1 Å². The maximum Gasteiger partial charge on any atom is 0.336 e. The lowest BCUT2D eigenvalue weighted by molar-refractivity contribution is 0.0696. The van der Waals surface area contributed by atoms with Crippen LogP contribution in [0.25, 0.3) is 11.5 Å². The second kappa shape index (κ2) is 5.36. The first kappa shape index (κ1) is 14.1. The minimum Gasteiger partial charge on any atom is -0.478 e. The summed E-state index contributed by atoms with van der Waals surface area (Å²) in [6.07, 6.45) is 0.537. The molecule has 1 heterocycles. The normalized spacial score (nSPS) is 11.1. The van der Waals surface area contributed by atoms with Crippen molar-refractivity contribution in [2.45, 2.75) is 20.3 Å². The number of aromatic nitrogens is 2. The fraction of sp³-hybridized carbons (Fsp3) is 0.308. The van der Waals surface area contributed by atoms with Crippen molar-refractivity contribution in [3.8, 4) is 11.5 Å². The number of aromatic carboxylic acids is 1. The zero-order chi connectivity index (χ0) is 14.9. The molecule has 106 valence electrons. The monoisotopic (exact) mass is 282 g/mol. The molecule has 0 spiro atoms. The van der Waals surface area contributed by atoms with E-state index in [1.165, 1.54) is 0 Å². The van der Waals surface area contributed by atoms with Crippen LogP contribution >= 0.6 is 0 Å². The summed E-state index contributed by atoms with van der Waals surface area (Å²) in [5.74, 6) is -3.29. The van der Waals surface area contributed by atoms with Crippen LogP contribution < -0.4 is 0 Å². The fourth-order valence-corrected chi connectivity index (χ4v) is 1.71. The van der Waals surface area contributed by atoms with E-state index in [0.29, 0.717) is 18.3 Å². The van der Waals surface area contributed by atoms with E-state index < -0.39 is 23.2 Å². The summed E-state index contributed by atoms with van der Waals surface area (Å²) in [6, 6.07) is 1.34. The average Bonchev–Trinajstić information content (AvgIpc) is 2.79. The standard InChI is InChI=1S/C13H12F2N2O3/c1-6(2)3-11-16-12(20-17-11)7-4-9(14)10(15)5-8(7)13(18)19/h4-6H,3H2,1-2H3,(H,18,19). The van der Waals surface area contributed by atoms with Crippen LogP contribution in [0, 0.1) is 17.6 Å². The van der Waals surface area contributed by atoms with Gasteiger partial charge in [-0.25, -0.2) is 13.6 Å². The highest BCUT2D eigenvalue weighted by Gasteiger charge is 2.21. The first-order valence-corrected chi connectivity index (χ1v) is 5.93. The smallest absolute Gasteiger partial charge is 0.336 e. The third-order valence-electron chi connectivity index (χ3n) is 2.58. The minimum absolute atomic E-state index is 0.140. The molecule has 0 aliphatic rings. The van der Waals surface area contributed by atoms with Gasteiger partial charge in [-0.3, -0.25) is 0 Å². The first-order chi connectivity index (χ1) is 9.38. The number of carboxylic acids is 1. The Hall–Kier alpha value is -2.31. The Bertz CT molecular complexity index is 653. The first-order valence-electron chi connectivity index (χ1n) is 5.93. The zero-order valence-electron chi connectivity index (χ0n) is 10.9. The van der Waals surface area contributed by atoms with Crippen molar-refractivity contribution in [3.05, 3.63) is 35.2 Å². The Balaban J connectivity index is 2.48. The van der Waals surface area contributed by atoms with Crippen molar-refractivity contribution in [1.29, 1.82) is 0 Å². The van der Waals surface area contributed by atoms with Crippen molar-refractivity contribution in [2.75, 3.05) is 0 Å². The highest BCUT2D eigenvalue weighted by molar-refractivity contribution is 5.94. The summed E-state index contributed by atoms with van der Waals surface area (Å²) in [5, 5.41) is 12.7. The number of hydrogen-bond acceptors (Lipinski definition) is 4. The Morgan fingerprint density at radius 2 is 2.00 bits per heavy atom. The third kappa shape index (κ3) is 2.81. The molecule has 0 aliphatic heterocycles. The van der Waals surface area contributed by atoms with Crippen molar-refractivity contribution in [3.63, 3.8) is 0 Å². The predicted octanol–water partition coefficient (Wildman–Crippen LogP) is 2.91. The van der Waals surface area contributed by atoms with Gasteiger partial charge in [0.1, 0.15) is 0 Å². The van der Waals surface area contributed by atoms with Crippen molar-refractivity contribution >= 4 is 5.97 Å². The number of carboxylic acid groups (broad SMARTS) is 1. The predicted molar refractivity (Wildman–Crippen MR) is 65.2 cm³/mol. The van der Waals surface area contributed by atoms with Crippen LogP contribution in [0.4, 0.5) is 8.78 Å². The Morgan fingerprint density at radius 1 is 1.35 bits per heavy atom. The van der Waals surface area contributed by atoms with Crippen molar-refractivity contribution < 1.29 is 23.2 Å². The molecule has 0 aliphatic carbocycles. The molecule has 5 nitrogen and oxygen atoms in total. The number of rotatable bonds is 4. The zero-order valence-corrected chi connectivity index (χ0v) is 10.9. The number of benzene rings is 1. The summed E-state index contributed by atoms with van der Waals surface area (Å²) in [4.78, 5) is 15.1. The Labute approximate surface area is 113 Å². The van der Waals surface area contributed by atoms with Crippen LogP contribution in [-0.4, -0.2) is 21.2 Å². The van der Waals surface area contributed by atoms with Gasteiger partial charge in [-0.1, -0.05) is 19.0 Å². The van der Waals surface area contributed by atoms with E-state index in [1.807, 2.05) is 13.8 Å². The second-order valence-corrected chi connectivity index (χ2v) is 4.73. The molecule has 1 N–H and O–H groups in total. The second-order valence-electron chi connectivity index (χ2n) is 4.73. The molecule has 2 aromatic rings. The Kier molecular flexibility index (Phi) is 3.78. The lowest BCUT2D eigenvalue weighted by Gasteiger charge is -2.02. The van der Waals surface area contributed by atoms with Crippen LogP contribution in [0.2, 0.25) is 0 Å². The number of hydrogen-bond donors (Lipinski definition) is 1. The van der Waals surface area contributed by atoms with Crippen molar-refractivity contribution in [2.24, 2.45) is 5.92 Å². The molecular formula is C13H12F2N2O3. The molecular weight excluding hydrogens is 270 g/mol. The van der Waals surface area contributed by atoms with E-state index in [-0.39, 0.29) is 17.4 Å². The molecule has 0 unspecified atom stereocenters. The lowest BCUT2D eigenvalue weighted by atomic mass is 10.1. The van der Waals surface area contributed by atoms with Crippen LogP contribution in [0.3, 0.4) is 0 Å². The molecule has 0 radical (unpaired) electrons. The molecule has 1 aromatic heterocycles. The molecule has 2 rings (SSSR count). The van der Waals surface area contributed by atoms with Gasteiger partial charge < -0.3 is 9.63 Å². The maximum atomic E-state index is 13.3. The van der Waals surface area contributed by atoms with Gasteiger partial charge in [0.15, 0.2) is 17.5 Å². The third-order valence-corrected chi connectivity index (χ3v) is 2.58. The highest BCUT2D eigenvalue weighted by atomic mass is 19.2. The largest absolute Gasteiger partial charge is 0.478 e. The highest BCUT2D eigenvalue weighted by Crippen LogP contribution is 2.25. The Morgan fingerprint density at radius 3 is 2.60 bits per heavy atom. The summed E-state index contributed by atoms with van der Waals surface area (Å²) >= 11 is 0. The molecule has 0 fully saturated rings. The summed E-state index contributed by atoms with van der Waals surface area (Å²) in [7, 11) is 0. The molecule has 0 amide bonds. The molecule has 7 heteroatoms. The SMILES string of the molecule is CC(C)Cc1noc(-c2cc(F)c(F)cc2C(=O)O)n1. The van der Waals surface area contributed by atoms with Gasteiger partial charge in [0, 0.05) is 6.42 Å². The molecule has 20 heavy (non-hydrogen) atoms. The summed E-state index contributed by atoms with van der Waals surface area (Å²) in [5.41, 5.74) is -0.567. The molecule has 1 aromatic carbocycles. The number of carbonyl (C=O) groups is 1. The van der Waals surface area contributed by atoms with Gasteiger partial charge in [-0.2, -0.15) is 4.98 Å². The number of halogens is 2.